The molecule has 0 saturated carbocycles. The number of rotatable bonds is 12. The van der Waals surface area contributed by atoms with E-state index in [0.717, 1.165) is 0 Å². The highest BCUT2D eigenvalue weighted by Crippen LogP contribution is 2.37. The molecule has 0 amide bonds. The number of halogens is 2. The van der Waals surface area contributed by atoms with Gasteiger partial charge in [0.2, 0.25) is 0 Å². The number of ketones is 1. The van der Waals surface area contributed by atoms with Crippen LogP contribution in [0.1, 0.15) is 38.7 Å². The van der Waals surface area contributed by atoms with Gasteiger partial charge in [0.25, 0.3) is 0 Å². The molecule has 13 heteroatoms. The van der Waals surface area contributed by atoms with Crippen molar-refractivity contribution in [2.75, 3.05) is 45.4 Å². The topological polar surface area (TPSA) is 112 Å². The van der Waals surface area contributed by atoms with Gasteiger partial charge < -0.3 is 28.7 Å². The van der Waals surface area contributed by atoms with E-state index >= 15 is 0 Å². The summed E-state index contributed by atoms with van der Waals surface area (Å²) in [5.41, 5.74) is 1.43. The zero-order valence-corrected chi connectivity index (χ0v) is 24.4. The van der Waals surface area contributed by atoms with Crippen molar-refractivity contribution in [1.29, 1.82) is 0 Å². The van der Waals surface area contributed by atoms with Crippen LogP contribution in [-0.4, -0.2) is 77.9 Å². The molecule has 4 rings (SSSR count). The summed E-state index contributed by atoms with van der Waals surface area (Å²) >= 11 is 13.7. The lowest BCUT2D eigenvalue weighted by atomic mass is 9.88. The van der Waals surface area contributed by atoms with Crippen molar-refractivity contribution in [3.63, 3.8) is 0 Å². The van der Waals surface area contributed by atoms with Gasteiger partial charge in [-0.2, -0.15) is 0 Å². The van der Waals surface area contributed by atoms with E-state index in [1.807, 2.05) is 10.8 Å². The summed E-state index contributed by atoms with van der Waals surface area (Å²) in [5, 5.41) is 1.26. The van der Waals surface area contributed by atoms with Crippen LogP contribution < -0.4 is 4.90 Å². The molecule has 210 valence electrons. The second-order valence-electron chi connectivity index (χ2n) is 9.14. The molecule has 3 aromatic heterocycles. The van der Waals surface area contributed by atoms with E-state index in [2.05, 4.69) is 21.4 Å². The Morgan fingerprint density at radius 3 is 2.77 bits per heavy atom. The number of aromatic amines is 1. The summed E-state index contributed by atoms with van der Waals surface area (Å²) < 4.78 is 18.2. The van der Waals surface area contributed by atoms with E-state index < -0.39 is 5.97 Å². The van der Waals surface area contributed by atoms with Crippen LogP contribution in [0.4, 0.5) is 5.13 Å². The number of thiazole rings is 1. The first-order valence-corrected chi connectivity index (χ1v) is 14.0. The maximum atomic E-state index is 13.1. The third kappa shape index (κ3) is 6.38. The number of anilines is 1. The third-order valence-corrected chi connectivity index (χ3v) is 8.67. The van der Waals surface area contributed by atoms with Crippen LogP contribution in [0.5, 0.6) is 0 Å². The Bertz CT molecular complexity index is 1340. The highest BCUT2D eigenvalue weighted by molar-refractivity contribution is 7.17. The number of aryl methyl sites for hydroxylation is 1. The van der Waals surface area contributed by atoms with Gasteiger partial charge in [-0.25, -0.2) is 14.8 Å². The van der Waals surface area contributed by atoms with Gasteiger partial charge in [-0.05, 0) is 19.3 Å². The third-order valence-electron chi connectivity index (χ3n) is 6.63. The first-order chi connectivity index (χ1) is 18.8. The normalized spacial score (nSPS) is 17.4. The molecule has 2 atom stereocenters. The Hall–Kier alpha value is -2.70. The van der Waals surface area contributed by atoms with Gasteiger partial charge in [-0.15, -0.1) is 6.58 Å². The smallest absolute Gasteiger partial charge is 0.350 e. The molecule has 0 spiro atoms. The van der Waals surface area contributed by atoms with Gasteiger partial charge >= 0.3 is 5.97 Å². The van der Waals surface area contributed by atoms with E-state index in [0.29, 0.717) is 77.2 Å². The maximum Gasteiger partial charge on any atom is 0.350 e. The number of piperidine rings is 1. The molecular weight excluding hydrogens is 565 g/mol. The van der Waals surface area contributed by atoms with Crippen molar-refractivity contribution >= 4 is 51.4 Å². The zero-order valence-electron chi connectivity index (χ0n) is 22.0. The quantitative estimate of drug-likeness (QED) is 0.176. The van der Waals surface area contributed by atoms with Crippen molar-refractivity contribution in [2.45, 2.75) is 32.4 Å². The average molecular weight is 597 g/mol. The van der Waals surface area contributed by atoms with Gasteiger partial charge in [-0.3, -0.25) is 4.79 Å². The van der Waals surface area contributed by atoms with Gasteiger partial charge in [0.05, 0.1) is 36.5 Å². The lowest BCUT2D eigenvalue weighted by Gasteiger charge is -2.38. The number of ether oxygens (including phenoxy) is 3. The van der Waals surface area contributed by atoms with Crippen molar-refractivity contribution in [2.24, 2.45) is 5.92 Å². The lowest BCUT2D eigenvalue weighted by Crippen LogP contribution is -2.46. The standard InChI is InChI=1S/C26H31Cl2N5O5S/c1-5-11-38-18-14-33(8-6-16(18)13-17(34)21-20(28)19(27)15(2)30-21)26-31-22(23(39-26)25(35)37-4)24-29-7-9-32(24)10-12-36-3/h5,7,9,16,18,30H,1,6,8,10-14H2,2-4H3/t16-,18-/m0/s1. The van der Waals surface area contributed by atoms with E-state index in [4.69, 9.17) is 42.4 Å². The van der Waals surface area contributed by atoms with E-state index in [1.165, 1.54) is 18.4 Å². The summed E-state index contributed by atoms with van der Waals surface area (Å²) in [4.78, 5) is 40.5. The van der Waals surface area contributed by atoms with E-state index in [1.54, 1.807) is 26.3 Å². The molecule has 0 aliphatic carbocycles. The number of methoxy groups -OCH3 is 2. The Morgan fingerprint density at radius 2 is 2.10 bits per heavy atom. The fourth-order valence-electron chi connectivity index (χ4n) is 4.58. The largest absolute Gasteiger partial charge is 0.465 e. The van der Waals surface area contributed by atoms with E-state index in [9.17, 15) is 9.59 Å². The fourth-order valence-corrected chi connectivity index (χ4v) is 6.03. The number of nitrogens with one attached hydrogen (secondary N) is 1. The number of esters is 1. The second kappa shape index (κ2) is 13.1. The van der Waals surface area contributed by atoms with Crippen LogP contribution in [0.3, 0.4) is 0 Å². The molecule has 0 aromatic carbocycles. The zero-order chi connectivity index (χ0) is 28.1. The van der Waals surface area contributed by atoms with Crippen LogP contribution in [0.15, 0.2) is 25.0 Å². The van der Waals surface area contributed by atoms with Gasteiger partial charge in [0.1, 0.15) is 16.3 Å². The van der Waals surface area contributed by atoms with Gasteiger partial charge in [0, 0.05) is 51.3 Å². The van der Waals surface area contributed by atoms with Crippen LogP contribution in [-0.2, 0) is 20.8 Å². The van der Waals surface area contributed by atoms with Crippen LogP contribution >= 0.6 is 34.5 Å². The predicted octanol–water partition coefficient (Wildman–Crippen LogP) is 5.05. The minimum absolute atomic E-state index is 0.0559. The molecule has 39 heavy (non-hydrogen) atoms. The Morgan fingerprint density at radius 1 is 1.31 bits per heavy atom. The predicted molar refractivity (Wildman–Crippen MR) is 151 cm³/mol. The Balaban J connectivity index is 1.57. The monoisotopic (exact) mass is 595 g/mol. The lowest BCUT2D eigenvalue weighted by molar-refractivity contribution is 0.0184. The second-order valence-corrected chi connectivity index (χ2v) is 10.9. The molecule has 1 aliphatic rings. The molecule has 1 saturated heterocycles. The Labute approximate surface area is 240 Å². The molecule has 1 aliphatic heterocycles. The van der Waals surface area contributed by atoms with Crippen molar-refractivity contribution in [3.05, 3.63) is 51.4 Å². The summed E-state index contributed by atoms with van der Waals surface area (Å²) in [6, 6.07) is 0. The first-order valence-electron chi connectivity index (χ1n) is 12.4. The minimum atomic E-state index is -0.480. The Kier molecular flexibility index (Phi) is 9.84. The number of hydrogen-bond acceptors (Lipinski definition) is 9. The molecular formula is C26H31Cl2N5O5S. The molecule has 3 aromatic rings. The number of aromatic nitrogens is 4. The molecule has 4 heterocycles. The van der Waals surface area contributed by atoms with Crippen molar-refractivity contribution < 1.29 is 23.8 Å². The molecule has 1 N–H and O–H groups in total. The number of Topliss-reactive ketones (excluding diaryl/α,β-unsaturated/α-hetero) is 1. The number of H-pyrrole nitrogens is 1. The molecule has 0 bridgehead atoms. The van der Waals surface area contributed by atoms with Crippen molar-refractivity contribution in [1.82, 2.24) is 19.5 Å². The summed E-state index contributed by atoms with van der Waals surface area (Å²) in [6.45, 7) is 8.02. The molecule has 1 fully saturated rings. The number of imidazole rings is 1. The van der Waals surface area contributed by atoms with Gasteiger partial charge in [0.15, 0.2) is 16.7 Å². The maximum absolute atomic E-state index is 13.1. The van der Waals surface area contributed by atoms with Gasteiger partial charge in [-0.1, -0.05) is 40.6 Å². The van der Waals surface area contributed by atoms with E-state index in [-0.39, 0.29) is 29.2 Å². The highest BCUT2D eigenvalue weighted by Gasteiger charge is 2.35. The van der Waals surface area contributed by atoms with Crippen LogP contribution in [0, 0.1) is 12.8 Å². The minimum Gasteiger partial charge on any atom is -0.465 e. The number of hydrogen-bond donors (Lipinski definition) is 1. The fraction of sp³-hybridized carbons (Fsp3) is 0.462. The van der Waals surface area contributed by atoms with Crippen LogP contribution in [0.2, 0.25) is 10.0 Å². The SMILES string of the molecule is C=CCO[C@H]1CN(c2nc(-c3nccn3CCOC)c(C(=O)OC)s2)CC[C@H]1CC(=O)c1[nH]c(C)c(Cl)c1Cl. The molecule has 10 nitrogen and oxygen atoms in total. The summed E-state index contributed by atoms with van der Waals surface area (Å²) in [5.74, 6) is -0.0916. The summed E-state index contributed by atoms with van der Waals surface area (Å²) in [6.07, 6.45) is 5.81. The average Bonchev–Trinajstić information content (AvgIpc) is 3.65. The van der Waals surface area contributed by atoms with Crippen molar-refractivity contribution in [3.8, 4) is 11.5 Å². The summed E-state index contributed by atoms with van der Waals surface area (Å²) in [7, 11) is 2.97. The molecule has 0 unspecified atom stereocenters. The number of carbonyl (C=O) groups excluding carboxylic acids is 2. The number of nitrogens with zero attached hydrogens (tertiary/aromatic N) is 4. The highest BCUT2D eigenvalue weighted by atomic mass is 35.5. The van der Waals surface area contributed by atoms with Crippen LogP contribution in [0.25, 0.3) is 11.5 Å². The number of carbonyl (C=O) groups is 2. The molecule has 0 radical (unpaired) electrons. The first kappa shape index (κ1) is 29.3.